The SMILES string of the molecule is COC1CCN(c2nccc(Nc3cc4c(cn3)nc(COCCN3CCN(CCOc5ccc6c(c5)C(=O)N(C5CCC(=O)NC5=O)C6=O)CC3)n4C(C)C)n2)CC1. The minimum Gasteiger partial charge on any atom is -0.492 e. The summed E-state index contributed by atoms with van der Waals surface area (Å²) >= 11 is 0. The molecule has 4 aliphatic heterocycles. The van der Waals surface area contributed by atoms with E-state index in [4.69, 9.17) is 24.2 Å². The van der Waals surface area contributed by atoms with Crippen LogP contribution in [0.2, 0.25) is 0 Å². The number of nitrogens with zero attached hydrogens (tertiary/aromatic N) is 9. The van der Waals surface area contributed by atoms with E-state index in [9.17, 15) is 19.2 Å². The van der Waals surface area contributed by atoms with Crippen LogP contribution in [-0.2, 0) is 25.7 Å². The molecular formula is C41H51N11O7. The molecule has 4 amide bonds. The van der Waals surface area contributed by atoms with Crippen molar-refractivity contribution in [3.63, 3.8) is 0 Å². The van der Waals surface area contributed by atoms with Crippen LogP contribution in [0.1, 0.15) is 72.1 Å². The number of amides is 4. The lowest BCUT2D eigenvalue weighted by Gasteiger charge is -2.34. The van der Waals surface area contributed by atoms with Crippen molar-refractivity contribution >= 4 is 52.2 Å². The monoisotopic (exact) mass is 809 g/mol. The average molecular weight is 810 g/mol. The predicted octanol–water partition coefficient (Wildman–Crippen LogP) is 2.78. The van der Waals surface area contributed by atoms with Gasteiger partial charge in [-0.05, 0) is 57.4 Å². The molecule has 312 valence electrons. The molecule has 0 aliphatic carbocycles. The lowest BCUT2D eigenvalue weighted by atomic mass is 10.0. The average Bonchev–Trinajstić information content (AvgIpc) is 3.73. The number of piperidine rings is 2. The Morgan fingerprint density at radius 3 is 2.32 bits per heavy atom. The van der Waals surface area contributed by atoms with Gasteiger partial charge in [-0.3, -0.25) is 39.2 Å². The number of imide groups is 2. The maximum atomic E-state index is 13.1. The first-order valence-electron chi connectivity index (χ1n) is 20.4. The van der Waals surface area contributed by atoms with Crippen LogP contribution in [0.15, 0.2) is 42.7 Å². The molecule has 2 N–H and O–H groups in total. The first-order chi connectivity index (χ1) is 28.6. The molecule has 1 unspecified atom stereocenters. The Balaban J connectivity index is 0.773. The van der Waals surface area contributed by atoms with Gasteiger partial charge in [-0.2, -0.15) is 4.98 Å². The largest absolute Gasteiger partial charge is 0.492 e. The third-order valence-corrected chi connectivity index (χ3v) is 11.5. The van der Waals surface area contributed by atoms with E-state index in [1.807, 2.05) is 12.1 Å². The Morgan fingerprint density at radius 1 is 0.847 bits per heavy atom. The molecule has 18 nitrogen and oxygen atoms in total. The van der Waals surface area contributed by atoms with Crippen LogP contribution in [0.25, 0.3) is 11.0 Å². The maximum Gasteiger partial charge on any atom is 0.262 e. The Hall–Kier alpha value is -5.56. The van der Waals surface area contributed by atoms with Crippen molar-refractivity contribution in [3.05, 3.63) is 59.7 Å². The molecular weight excluding hydrogens is 759 g/mol. The smallest absolute Gasteiger partial charge is 0.262 e. The minimum absolute atomic E-state index is 0.0755. The quantitative estimate of drug-likeness (QED) is 0.132. The molecule has 1 aromatic carbocycles. The molecule has 0 saturated carbocycles. The number of fused-ring (bicyclic) bond motifs is 2. The molecule has 0 radical (unpaired) electrons. The lowest BCUT2D eigenvalue weighted by molar-refractivity contribution is -0.136. The summed E-state index contributed by atoms with van der Waals surface area (Å²) < 4.78 is 19.9. The Kier molecular flexibility index (Phi) is 12.1. The van der Waals surface area contributed by atoms with Gasteiger partial charge in [0.1, 0.15) is 48.0 Å². The number of benzene rings is 1. The molecule has 59 heavy (non-hydrogen) atoms. The number of ether oxygens (including phenoxy) is 3. The molecule has 0 bridgehead atoms. The van der Waals surface area contributed by atoms with Gasteiger partial charge >= 0.3 is 0 Å². The summed E-state index contributed by atoms with van der Waals surface area (Å²) in [6, 6.07) is 7.81. The standard InChI is InChI=1S/C41H51N11O7/c1-26(2)51-33-23-35(45-34-8-11-42-41(46-34)50-12-9-27(57-3)10-13-50)43-24-31(33)44-36(51)25-58-20-18-48-14-16-49(17-15-48)19-21-59-28-4-5-29-30(22-28)40(56)52(39(29)55)32-6-7-37(53)47-38(32)54/h4-5,8,11,22-24,26-27,32H,6-7,9-10,12-21,25H2,1-3H3,(H,47,53,54)(H,42,43,45,46). The molecule has 3 fully saturated rings. The predicted molar refractivity (Wildman–Crippen MR) is 217 cm³/mol. The van der Waals surface area contributed by atoms with E-state index < -0.39 is 29.7 Å². The van der Waals surface area contributed by atoms with Gasteiger partial charge in [-0.25, -0.2) is 15.0 Å². The molecule has 4 aromatic rings. The van der Waals surface area contributed by atoms with Gasteiger partial charge in [-0.15, -0.1) is 0 Å². The number of carbonyl (C=O) groups excluding carboxylic acids is 4. The molecule has 3 saturated heterocycles. The molecule has 4 aliphatic rings. The van der Waals surface area contributed by atoms with Crippen molar-refractivity contribution in [1.82, 2.24) is 44.5 Å². The second kappa shape index (κ2) is 17.7. The third-order valence-electron chi connectivity index (χ3n) is 11.5. The highest BCUT2D eigenvalue weighted by Crippen LogP contribution is 2.31. The van der Waals surface area contributed by atoms with Gasteiger partial charge in [-0.1, -0.05) is 0 Å². The van der Waals surface area contributed by atoms with Crippen LogP contribution >= 0.6 is 0 Å². The summed E-state index contributed by atoms with van der Waals surface area (Å²) in [5, 5.41) is 5.58. The first kappa shape index (κ1) is 40.2. The normalized spacial score (nSPS) is 19.6. The van der Waals surface area contributed by atoms with E-state index in [2.05, 4.69) is 53.7 Å². The summed E-state index contributed by atoms with van der Waals surface area (Å²) in [4.78, 5) is 76.7. The van der Waals surface area contributed by atoms with Gasteiger partial charge in [0.2, 0.25) is 17.8 Å². The van der Waals surface area contributed by atoms with E-state index in [-0.39, 0.29) is 36.1 Å². The fourth-order valence-corrected chi connectivity index (χ4v) is 8.21. The highest BCUT2D eigenvalue weighted by atomic mass is 16.5. The van der Waals surface area contributed by atoms with E-state index in [1.54, 1.807) is 37.7 Å². The number of anilines is 3. The molecule has 1 atom stereocenters. The van der Waals surface area contributed by atoms with E-state index in [0.29, 0.717) is 49.7 Å². The van der Waals surface area contributed by atoms with E-state index >= 15 is 0 Å². The zero-order valence-electron chi connectivity index (χ0n) is 33.8. The number of carbonyl (C=O) groups is 4. The van der Waals surface area contributed by atoms with Gasteiger partial charge in [0, 0.05) is 84.2 Å². The van der Waals surface area contributed by atoms with Crippen LogP contribution in [0, 0.1) is 0 Å². The summed E-state index contributed by atoms with van der Waals surface area (Å²) in [5.74, 6) is 1.27. The minimum atomic E-state index is -0.998. The zero-order valence-corrected chi connectivity index (χ0v) is 33.8. The van der Waals surface area contributed by atoms with Crippen LogP contribution in [0.4, 0.5) is 17.6 Å². The number of imidazole rings is 1. The van der Waals surface area contributed by atoms with Crippen LogP contribution in [0.5, 0.6) is 5.75 Å². The van der Waals surface area contributed by atoms with Crippen molar-refractivity contribution in [2.75, 3.05) is 82.9 Å². The summed E-state index contributed by atoms with van der Waals surface area (Å²) in [6.45, 7) is 12.5. The van der Waals surface area contributed by atoms with Crippen LogP contribution in [0.3, 0.4) is 0 Å². The molecule has 18 heteroatoms. The number of pyridine rings is 1. The van der Waals surface area contributed by atoms with Gasteiger partial charge in [0.05, 0.1) is 35.6 Å². The second-order valence-electron chi connectivity index (χ2n) is 15.6. The number of methoxy groups -OCH3 is 1. The van der Waals surface area contributed by atoms with Crippen molar-refractivity contribution in [1.29, 1.82) is 0 Å². The number of aromatic nitrogens is 5. The molecule has 0 spiro atoms. The molecule has 3 aromatic heterocycles. The zero-order chi connectivity index (χ0) is 41.0. The topological polar surface area (TPSA) is 189 Å². The summed E-state index contributed by atoms with van der Waals surface area (Å²) in [7, 11) is 1.76. The van der Waals surface area contributed by atoms with E-state index in [1.165, 1.54) is 0 Å². The fourth-order valence-electron chi connectivity index (χ4n) is 8.21. The van der Waals surface area contributed by atoms with Crippen LogP contribution < -0.4 is 20.3 Å². The number of piperazine rings is 1. The number of hydrogen-bond acceptors (Lipinski definition) is 15. The number of rotatable bonds is 15. The Morgan fingerprint density at radius 2 is 1.59 bits per heavy atom. The Bertz CT molecular complexity index is 2200. The summed E-state index contributed by atoms with van der Waals surface area (Å²) in [5.41, 5.74) is 2.22. The lowest BCUT2D eigenvalue weighted by Crippen LogP contribution is -2.54. The van der Waals surface area contributed by atoms with Crippen LogP contribution in [-0.4, -0.2) is 148 Å². The number of nitrogens with one attached hydrogen (secondary N) is 2. The van der Waals surface area contributed by atoms with Crippen molar-refractivity contribution in [2.24, 2.45) is 0 Å². The molecule has 7 heterocycles. The highest BCUT2D eigenvalue weighted by molar-refractivity contribution is 6.23. The van der Waals surface area contributed by atoms with Gasteiger partial charge in [0.25, 0.3) is 11.8 Å². The third kappa shape index (κ3) is 8.90. The Labute approximate surface area is 342 Å². The first-order valence-corrected chi connectivity index (χ1v) is 20.4. The van der Waals surface area contributed by atoms with Crippen molar-refractivity contribution in [3.8, 4) is 5.75 Å². The highest BCUT2D eigenvalue weighted by Gasteiger charge is 2.44. The summed E-state index contributed by atoms with van der Waals surface area (Å²) in [6.07, 6.45) is 5.94. The van der Waals surface area contributed by atoms with Gasteiger partial charge < -0.3 is 29.0 Å². The van der Waals surface area contributed by atoms with Crippen molar-refractivity contribution < 1.29 is 33.4 Å². The van der Waals surface area contributed by atoms with E-state index in [0.717, 1.165) is 80.4 Å². The maximum absolute atomic E-state index is 13.1. The number of hydrogen-bond donors (Lipinski definition) is 2. The van der Waals surface area contributed by atoms with Gasteiger partial charge in [0.15, 0.2) is 0 Å². The molecule has 8 rings (SSSR count). The fraction of sp³-hybridized carbons (Fsp3) is 0.512. The van der Waals surface area contributed by atoms with Crippen molar-refractivity contribution in [2.45, 2.75) is 64.3 Å². The second-order valence-corrected chi connectivity index (χ2v) is 15.6.